The maximum Gasteiger partial charge on any atom is 0.125 e. The Kier molecular flexibility index (Phi) is 2.32. The van der Waals surface area contributed by atoms with Gasteiger partial charge in [0, 0.05) is 19.6 Å². The quantitative estimate of drug-likeness (QED) is 0.672. The van der Waals surface area contributed by atoms with Gasteiger partial charge in [0.1, 0.15) is 6.17 Å². The topological polar surface area (TPSA) is 3.24 Å². The van der Waals surface area contributed by atoms with Crippen LogP contribution in [0.3, 0.4) is 0 Å². The SMILES string of the molecule is Cc1ccc(CN2CC(F)C2)cc1. The first-order valence-corrected chi connectivity index (χ1v) is 4.66. The first kappa shape index (κ1) is 8.70. The van der Waals surface area contributed by atoms with Crippen molar-refractivity contribution < 1.29 is 4.39 Å². The number of hydrogen-bond donors (Lipinski definition) is 0. The van der Waals surface area contributed by atoms with Crippen molar-refractivity contribution in [3.8, 4) is 0 Å². The van der Waals surface area contributed by atoms with Crippen LogP contribution in [0.4, 0.5) is 4.39 Å². The molecule has 1 heterocycles. The third-order valence-corrected chi connectivity index (χ3v) is 2.44. The van der Waals surface area contributed by atoms with E-state index in [1.165, 1.54) is 11.1 Å². The molecule has 0 aromatic heterocycles. The number of benzene rings is 1. The zero-order valence-electron chi connectivity index (χ0n) is 7.83. The van der Waals surface area contributed by atoms with Gasteiger partial charge in [-0.15, -0.1) is 0 Å². The van der Waals surface area contributed by atoms with E-state index in [0.29, 0.717) is 13.1 Å². The monoisotopic (exact) mass is 179 g/mol. The van der Waals surface area contributed by atoms with E-state index >= 15 is 0 Å². The van der Waals surface area contributed by atoms with Crippen molar-refractivity contribution in [1.82, 2.24) is 4.90 Å². The van der Waals surface area contributed by atoms with Crippen molar-refractivity contribution in [2.45, 2.75) is 19.6 Å². The molecule has 1 saturated heterocycles. The fourth-order valence-electron chi connectivity index (χ4n) is 1.59. The molecule has 1 aliphatic heterocycles. The van der Waals surface area contributed by atoms with Crippen molar-refractivity contribution in [3.63, 3.8) is 0 Å². The van der Waals surface area contributed by atoms with Crippen molar-refractivity contribution in [1.29, 1.82) is 0 Å². The number of aryl methyl sites for hydroxylation is 1. The summed E-state index contributed by atoms with van der Waals surface area (Å²) in [6.07, 6.45) is -0.592. The Labute approximate surface area is 78.2 Å². The number of nitrogens with zero attached hydrogens (tertiary/aromatic N) is 1. The average Bonchev–Trinajstić information content (AvgIpc) is 2.06. The Hall–Kier alpha value is -0.890. The van der Waals surface area contributed by atoms with E-state index < -0.39 is 6.17 Å². The molecule has 70 valence electrons. The highest BCUT2D eigenvalue weighted by Gasteiger charge is 2.25. The highest BCUT2D eigenvalue weighted by Crippen LogP contribution is 2.15. The fraction of sp³-hybridized carbons (Fsp3) is 0.455. The predicted octanol–water partition coefficient (Wildman–Crippen LogP) is 2.15. The van der Waals surface area contributed by atoms with Gasteiger partial charge < -0.3 is 0 Å². The second kappa shape index (κ2) is 3.46. The molecule has 1 nitrogen and oxygen atoms in total. The van der Waals surface area contributed by atoms with Crippen molar-refractivity contribution in [3.05, 3.63) is 35.4 Å². The smallest absolute Gasteiger partial charge is 0.125 e. The van der Waals surface area contributed by atoms with Gasteiger partial charge in [-0.25, -0.2) is 4.39 Å². The number of alkyl halides is 1. The molecule has 0 atom stereocenters. The van der Waals surface area contributed by atoms with Gasteiger partial charge in [-0.05, 0) is 12.5 Å². The molecule has 0 N–H and O–H groups in total. The third-order valence-electron chi connectivity index (χ3n) is 2.44. The third kappa shape index (κ3) is 2.07. The largest absolute Gasteiger partial charge is 0.293 e. The summed E-state index contributed by atoms with van der Waals surface area (Å²) in [6.45, 7) is 4.17. The summed E-state index contributed by atoms with van der Waals surface area (Å²) < 4.78 is 12.5. The molecule has 0 bridgehead atoms. The summed E-state index contributed by atoms with van der Waals surface area (Å²) in [7, 11) is 0. The summed E-state index contributed by atoms with van der Waals surface area (Å²) in [6, 6.07) is 8.42. The standard InChI is InChI=1S/C11H14FN/c1-9-2-4-10(5-3-9)6-13-7-11(12)8-13/h2-5,11H,6-8H2,1H3. The average molecular weight is 179 g/mol. The number of likely N-dealkylation sites (tertiary alicyclic amines) is 1. The van der Waals surface area contributed by atoms with Crippen LogP contribution in [-0.2, 0) is 6.54 Å². The molecule has 2 rings (SSSR count). The first-order valence-electron chi connectivity index (χ1n) is 4.66. The van der Waals surface area contributed by atoms with Gasteiger partial charge in [0.25, 0.3) is 0 Å². The lowest BCUT2D eigenvalue weighted by atomic mass is 10.1. The van der Waals surface area contributed by atoms with Gasteiger partial charge in [0.05, 0.1) is 0 Å². The van der Waals surface area contributed by atoms with E-state index in [1.54, 1.807) is 0 Å². The molecular formula is C11H14FN. The molecular weight excluding hydrogens is 165 g/mol. The maximum atomic E-state index is 12.5. The van der Waals surface area contributed by atoms with Crippen LogP contribution in [0.25, 0.3) is 0 Å². The Bertz CT molecular complexity index is 275. The molecule has 0 unspecified atom stereocenters. The predicted molar refractivity (Wildman–Crippen MR) is 51.4 cm³/mol. The Morgan fingerprint density at radius 3 is 2.46 bits per heavy atom. The van der Waals surface area contributed by atoms with Gasteiger partial charge in [0.2, 0.25) is 0 Å². The summed E-state index contributed by atoms with van der Waals surface area (Å²) in [4.78, 5) is 2.12. The second-order valence-electron chi connectivity index (χ2n) is 3.78. The molecule has 0 spiro atoms. The Balaban J connectivity index is 1.91. The number of hydrogen-bond acceptors (Lipinski definition) is 1. The lowest BCUT2D eigenvalue weighted by molar-refractivity contribution is 0.0591. The normalized spacial score (nSPS) is 18.6. The van der Waals surface area contributed by atoms with E-state index in [-0.39, 0.29) is 0 Å². The Morgan fingerprint density at radius 2 is 1.92 bits per heavy atom. The van der Waals surface area contributed by atoms with E-state index in [4.69, 9.17) is 0 Å². The highest BCUT2D eigenvalue weighted by molar-refractivity contribution is 5.21. The molecule has 0 radical (unpaired) electrons. The van der Waals surface area contributed by atoms with E-state index in [0.717, 1.165) is 6.54 Å². The highest BCUT2D eigenvalue weighted by atomic mass is 19.1. The van der Waals surface area contributed by atoms with Crippen molar-refractivity contribution in [2.24, 2.45) is 0 Å². The lowest BCUT2D eigenvalue weighted by Crippen LogP contribution is -2.47. The number of halogens is 1. The maximum absolute atomic E-state index is 12.5. The van der Waals surface area contributed by atoms with E-state index in [2.05, 4.69) is 36.1 Å². The molecule has 13 heavy (non-hydrogen) atoms. The minimum absolute atomic E-state index is 0.592. The zero-order valence-corrected chi connectivity index (χ0v) is 7.83. The summed E-state index contributed by atoms with van der Waals surface area (Å²) in [5.74, 6) is 0. The molecule has 2 heteroatoms. The van der Waals surface area contributed by atoms with Crippen molar-refractivity contribution >= 4 is 0 Å². The van der Waals surface area contributed by atoms with Crippen molar-refractivity contribution in [2.75, 3.05) is 13.1 Å². The molecule has 1 aromatic carbocycles. The molecule has 0 saturated carbocycles. The van der Waals surface area contributed by atoms with Gasteiger partial charge in [-0.3, -0.25) is 4.90 Å². The Morgan fingerprint density at radius 1 is 1.31 bits per heavy atom. The van der Waals surface area contributed by atoms with Gasteiger partial charge in [0.15, 0.2) is 0 Å². The van der Waals surface area contributed by atoms with Gasteiger partial charge in [-0.2, -0.15) is 0 Å². The van der Waals surface area contributed by atoms with Crippen LogP contribution >= 0.6 is 0 Å². The minimum Gasteiger partial charge on any atom is -0.293 e. The molecule has 0 aliphatic carbocycles. The van der Waals surface area contributed by atoms with Crippen LogP contribution in [0.1, 0.15) is 11.1 Å². The van der Waals surface area contributed by atoms with Gasteiger partial charge in [-0.1, -0.05) is 29.8 Å². The van der Waals surface area contributed by atoms with Crippen LogP contribution in [0.2, 0.25) is 0 Å². The molecule has 0 amide bonds. The van der Waals surface area contributed by atoms with Crippen LogP contribution in [0.5, 0.6) is 0 Å². The van der Waals surface area contributed by atoms with E-state index in [1.807, 2.05) is 0 Å². The summed E-state index contributed by atoms with van der Waals surface area (Å²) in [5.41, 5.74) is 2.55. The lowest BCUT2D eigenvalue weighted by Gasteiger charge is -2.34. The fourth-order valence-corrected chi connectivity index (χ4v) is 1.59. The minimum atomic E-state index is -0.592. The van der Waals surface area contributed by atoms with Crippen LogP contribution in [-0.4, -0.2) is 24.2 Å². The van der Waals surface area contributed by atoms with E-state index in [9.17, 15) is 4.39 Å². The van der Waals surface area contributed by atoms with Gasteiger partial charge >= 0.3 is 0 Å². The second-order valence-corrected chi connectivity index (χ2v) is 3.78. The summed E-state index contributed by atoms with van der Waals surface area (Å²) >= 11 is 0. The van der Waals surface area contributed by atoms with Crippen LogP contribution in [0.15, 0.2) is 24.3 Å². The molecule has 1 aliphatic rings. The molecule has 1 aromatic rings. The van der Waals surface area contributed by atoms with Crippen LogP contribution < -0.4 is 0 Å². The van der Waals surface area contributed by atoms with Crippen LogP contribution in [0, 0.1) is 6.92 Å². The molecule has 1 fully saturated rings. The summed E-state index contributed by atoms with van der Waals surface area (Å²) in [5, 5.41) is 0. The zero-order chi connectivity index (χ0) is 9.26. The number of rotatable bonds is 2. The first-order chi connectivity index (χ1) is 6.24.